The van der Waals surface area contributed by atoms with Gasteiger partial charge in [-0.2, -0.15) is 0 Å². The van der Waals surface area contributed by atoms with Crippen LogP contribution in [0.4, 0.5) is 0 Å². The van der Waals surface area contributed by atoms with Crippen molar-refractivity contribution in [3.63, 3.8) is 0 Å². The fourth-order valence-electron chi connectivity index (χ4n) is 2.73. The monoisotopic (exact) mass is 203 g/mol. The van der Waals surface area contributed by atoms with E-state index in [-0.39, 0.29) is 0 Å². The summed E-state index contributed by atoms with van der Waals surface area (Å²) in [6, 6.07) is 6.87. The summed E-state index contributed by atoms with van der Waals surface area (Å²) in [5.41, 5.74) is 4.43. The van der Waals surface area contributed by atoms with Crippen molar-refractivity contribution in [2.45, 2.75) is 32.6 Å². The Morgan fingerprint density at radius 3 is 2.60 bits per heavy atom. The Labute approximate surface area is 92.9 Å². The van der Waals surface area contributed by atoms with E-state index < -0.39 is 0 Å². The first kappa shape index (κ1) is 10.7. The van der Waals surface area contributed by atoms with Crippen LogP contribution in [0.2, 0.25) is 0 Å². The minimum atomic E-state index is 0.823. The van der Waals surface area contributed by atoms with E-state index in [1.54, 1.807) is 5.56 Å². The van der Waals surface area contributed by atoms with Crippen LogP contribution in [0.3, 0.4) is 0 Å². The fraction of sp³-hybridized carbons (Fsp3) is 0.571. The quantitative estimate of drug-likeness (QED) is 0.796. The van der Waals surface area contributed by atoms with Gasteiger partial charge in [0.2, 0.25) is 0 Å². The van der Waals surface area contributed by atoms with E-state index in [9.17, 15) is 0 Å². The molecule has 1 aromatic rings. The lowest BCUT2D eigenvalue weighted by molar-refractivity contribution is 0.259. The van der Waals surface area contributed by atoms with Gasteiger partial charge in [0.05, 0.1) is 0 Å². The summed E-state index contributed by atoms with van der Waals surface area (Å²) in [7, 11) is 2.05. The van der Waals surface area contributed by atoms with Gasteiger partial charge in [-0.15, -0.1) is 0 Å². The molecule has 1 aromatic carbocycles. The molecule has 1 saturated carbocycles. The van der Waals surface area contributed by atoms with Gasteiger partial charge in [-0.1, -0.05) is 23.8 Å². The SMILES string of the molecule is CNCC1CC(c2ccc(C)cc2C)C1. The number of nitrogens with one attached hydrogen (secondary N) is 1. The second-order valence-corrected chi connectivity index (χ2v) is 4.95. The third-order valence-electron chi connectivity index (χ3n) is 3.59. The molecule has 0 unspecified atom stereocenters. The van der Waals surface area contributed by atoms with Gasteiger partial charge in [0.15, 0.2) is 0 Å². The van der Waals surface area contributed by atoms with E-state index in [2.05, 4.69) is 37.4 Å². The van der Waals surface area contributed by atoms with Crippen LogP contribution < -0.4 is 5.32 Å². The Morgan fingerprint density at radius 1 is 1.27 bits per heavy atom. The highest BCUT2D eigenvalue weighted by Gasteiger charge is 2.30. The van der Waals surface area contributed by atoms with Gasteiger partial charge in [-0.25, -0.2) is 0 Å². The molecule has 0 spiro atoms. The molecule has 0 aromatic heterocycles. The second kappa shape index (κ2) is 4.36. The number of rotatable bonds is 3. The molecule has 82 valence electrons. The number of aryl methyl sites for hydroxylation is 2. The molecule has 1 aliphatic carbocycles. The van der Waals surface area contributed by atoms with Gasteiger partial charge in [-0.05, 0) is 63.2 Å². The predicted octanol–water partition coefficient (Wildman–Crippen LogP) is 3.02. The molecule has 0 heterocycles. The maximum Gasteiger partial charge on any atom is -0.00231 e. The molecular formula is C14H21N. The molecule has 1 heteroatoms. The molecular weight excluding hydrogens is 182 g/mol. The molecule has 0 radical (unpaired) electrons. The van der Waals surface area contributed by atoms with Crippen LogP contribution in [0.5, 0.6) is 0 Å². The van der Waals surface area contributed by atoms with Crippen LogP contribution in [0, 0.1) is 19.8 Å². The van der Waals surface area contributed by atoms with Crippen LogP contribution in [0.15, 0.2) is 18.2 Å². The maximum absolute atomic E-state index is 3.27. The largest absolute Gasteiger partial charge is 0.319 e. The van der Waals surface area contributed by atoms with E-state index in [4.69, 9.17) is 0 Å². The first-order valence-electron chi connectivity index (χ1n) is 5.92. The highest BCUT2D eigenvalue weighted by atomic mass is 14.8. The Morgan fingerprint density at radius 2 is 2.00 bits per heavy atom. The van der Waals surface area contributed by atoms with Crippen LogP contribution >= 0.6 is 0 Å². The van der Waals surface area contributed by atoms with Crippen LogP contribution in [-0.2, 0) is 0 Å². The number of hydrogen-bond donors (Lipinski definition) is 1. The third kappa shape index (κ3) is 2.23. The van der Waals surface area contributed by atoms with Gasteiger partial charge in [0.1, 0.15) is 0 Å². The highest BCUT2D eigenvalue weighted by molar-refractivity contribution is 5.34. The van der Waals surface area contributed by atoms with Gasteiger partial charge in [0, 0.05) is 0 Å². The summed E-state index contributed by atoms with van der Waals surface area (Å²) in [5.74, 6) is 1.73. The van der Waals surface area contributed by atoms with Gasteiger partial charge >= 0.3 is 0 Å². The minimum Gasteiger partial charge on any atom is -0.319 e. The van der Waals surface area contributed by atoms with E-state index in [0.29, 0.717) is 0 Å². The summed E-state index contributed by atoms with van der Waals surface area (Å²) in [6.07, 6.45) is 2.73. The zero-order valence-corrected chi connectivity index (χ0v) is 10.0. The smallest absolute Gasteiger partial charge is 0.00231 e. The standard InChI is InChI=1S/C14H21N/c1-10-4-5-14(11(2)6-10)13-7-12(8-13)9-15-3/h4-6,12-13,15H,7-9H2,1-3H3. The van der Waals surface area contributed by atoms with Crippen molar-refractivity contribution in [1.29, 1.82) is 0 Å². The van der Waals surface area contributed by atoms with Gasteiger partial charge in [-0.3, -0.25) is 0 Å². The number of benzene rings is 1. The van der Waals surface area contributed by atoms with Crippen molar-refractivity contribution in [2.24, 2.45) is 5.92 Å². The topological polar surface area (TPSA) is 12.0 Å². The summed E-state index contributed by atoms with van der Waals surface area (Å²) < 4.78 is 0. The van der Waals surface area contributed by atoms with Crippen molar-refractivity contribution in [1.82, 2.24) is 5.32 Å². The van der Waals surface area contributed by atoms with Crippen LogP contribution in [0.25, 0.3) is 0 Å². The summed E-state index contributed by atoms with van der Waals surface area (Å²) in [6.45, 7) is 5.59. The van der Waals surface area contributed by atoms with Crippen LogP contribution in [-0.4, -0.2) is 13.6 Å². The molecule has 0 bridgehead atoms. The summed E-state index contributed by atoms with van der Waals surface area (Å²) >= 11 is 0. The molecule has 0 aliphatic heterocycles. The molecule has 0 atom stereocenters. The zero-order valence-electron chi connectivity index (χ0n) is 10.0. The molecule has 1 nitrogen and oxygen atoms in total. The Kier molecular flexibility index (Phi) is 3.11. The Bertz CT molecular complexity index is 337. The van der Waals surface area contributed by atoms with Crippen LogP contribution in [0.1, 0.15) is 35.4 Å². The summed E-state index contributed by atoms with van der Waals surface area (Å²) in [4.78, 5) is 0. The molecule has 1 N–H and O–H groups in total. The van der Waals surface area contributed by atoms with Crippen molar-refractivity contribution in [2.75, 3.05) is 13.6 Å². The van der Waals surface area contributed by atoms with E-state index in [1.165, 1.54) is 30.5 Å². The Hall–Kier alpha value is -0.820. The lowest BCUT2D eigenvalue weighted by Crippen LogP contribution is -2.30. The van der Waals surface area contributed by atoms with Crippen molar-refractivity contribution < 1.29 is 0 Å². The lowest BCUT2D eigenvalue weighted by atomic mass is 9.70. The van der Waals surface area contributed by atoms with Crippen molar-refractivity contribution in [3.8, 4) is 0 Å². The normalized spacial score (nSPS) is 25.0. The first-order chi connectivity index (χ1) is 7.20. The van der Waals surface area contributed by atoms with E-state index in [1.807, 2.05) is 7.05 Å². The Balaban J connectivity index is 2.01. The number of hydrogen-bond acceptors (Lipinski definition) is 1. The van der Waals surface area contributed by atoms with E-state index >= 15 is 0 Å². The predicted molar refractivity (Wildman–Crippen MR) is 65.3 cm³/mol. The first-order valence-corrected chi connectivity index (χ1v) is 5.92. The zero-order chi connectivity index (χ0) is 10.8. The molecule has 0 saturated heterocycles. The highest BCUT2D eigenvalue weighted by Crippen LogP contribution is 2.42. The lowest BCUT2D eigenvalue weighted by Gasteiger charge is -2.36. The van der Waals surface area contributed by atoms with Crippen molar-refractivity contribution >= 4 is 0 Å². The van der Waals surface area contributed by atoms with Crippen molar-refractivity contribution in [3.05, 3.63) is 34.9 Å². The average molecular weight is 203 g/mol. The molecule has 1 fully saturated rings. The van der Waals surface area contributed by atoms with Gasteiger partial charge < -0.3 is 5.32 Å². The molecule has 2 rings (SSSR count). The second-order valence-electron chi connectivity index (χ2n) is 4.95. The van der Waals surface area contributed by atoms with E-state index in [0.717, 1.165) is 11.8 Å². The third-order valence-corrected chi connectivity index (χ3v) is 3.59. The fourth-order valence-corrected chi connectivity index (χ4v) is 2.73. The average Bonchev–Trinajstić information content (AvgIpc) is 2.12. The molecule has 1 aliphatic rings. The maximum atomic E-state index is 3.27. The minimum absolute atomic E-state index is 0.823. The molecule has 15 heavy (non-hydrogen) atoms. The van der Waals surface area contributed by atoms with Gasteiger partial charge in [0.25, 0.3) is 0 Å². The summed E-state index contributed by atoms with van der Waals surface area (Å²) in [5, 5.41) is 3.27. The molecule has 0 amide bonds.